The third-order valence-corrected chi connectivity index (χ3v) is 4.10. The van der Waals surface area contributed by atoms with Crippen molar-refractivity contribution in [2.24, 2.45) is 5.92 Å². The summed E-state index contributed by atoms with van der Waals surface area (Å²) in [5.41, 5.74) is 1.89. The molecular weight excluding hydrogens is 328 g/mol. The number of nitrogens with one attached hydrogen (secondary N) is 2. The summed E-state index contributed by atoms with van der Waals surface area (Å²) in [6.07, 6.45) is 0.260. The smallest absolute Gasteiger partial charge is 0.243 e. The van der Waals surface area contributed by atoms with Crippen LogP contribution in [0.5, 0.6) is 5.75 Å². The summed E-state index contributed by atoms with van der Waals surface area (Å²) >= 11 is 0. The maximum Gasteiger partial charge on any atom is 0.243 e. The lowest BCUT2D eigenvalue weighted by Gasteiger charge is -2.22. The van der Waals surface area contributed by atoms with Crippen LogP contribution in [0.3, 0.4) is 0 Å². The van der Waals surface area contributed by atoms with Gasteiger partial charge < -0.3 is 15.4 Å². The molecule has 0 spiro atoms. The van der Waals surface area contributed by atoms with Crippen LogP contribution in [0.1, 0.15) is 25.0 Å². The van der Waals surface area contributed by atoms with Crippen LogP contribution < -0.4 is 15.4 Å². The first-order valence-electron chi connectivity index (χ1n) is 8.73. The molecule has 1 atom stereocenters. The molecule has 0 aliphatic carbocycles. The van der Waals surface area contributed by atoms with Crippen LogP contribution in [0, 0.1) is 5.92 Å². The van der Waals surface area contributed by atoms with Crippen molar-refractivity contribution in [3.8, 4) is 5.75 Å². The third kappa shape index (κ3) is 5.92. The van der Waals surface area contributed by atoms with Crippen molar-refractivity contribution < 1.29 is 14.3 Å². The van der Waals surface area contributed by atoms with E-state index in [0.29, 0.717) is 6.54 Å². The van der Waals surface area contributed by atoms with Crippen molar-refractivity contribution in [2.45, 2.75) is 32.9 Å². The third-order valence-electron chi connectivity index (χ3n) is 4.10. The van der Waals surface area contributed by atoms with Crippen LogP contribution in [0.2, 0.25) is 0 Å². The molecule has 0 aliphatic rings. The standard InChI is InChI=1S/C21H26N2O3/c1-15(2)20(23-19(24)13-16-7-5-4-6-8-16)21(25)22-14-17-9-11-18(26-3)12-10-17/h4-12,15,20H,13-14H2,1-3H3,(H,22,25)(H,23,24)/t20-/m1/s1. The van der Waals surface area contributed by atoms with Gasteiger partial charge in [-0.1, -0.05) is 56.3 Å². The zero-order valence-electron chi connectivity index (χ0n) is 15.5. The minimum Gasteiger partial charge on any atom is -0.497 e. The van der Waals surface area contributed by atoms with E-state index in [1.807, 2.05) is 68.4 Å². The number of carbonyl (C=O) groups is 2. The Morgan fingerprint density at radius 2 is 1.62 bits per heavy atom. The molecule has 0 aromatic heterocycles. The normalized spacial score (nSPS) is 11.7. The number of hydrogen-bond donors (Lipinski definition) is 2. The van der Waals surface area contributed by atoms with Gasteiger partial charge >= 0.3 is 0 Å². The summed E-state index contributed by atoms with van der Waals surface area (Å²) in [6.45, 7) is 4.24. The number of rotatable bonds is 8. The molecule has 2 amide bonds. The number of ether oxygens (including phenoxy) is 1. The Bertz CT molecular complexity index is 712. The van der Waals surface area contributed by atoms with Crippen LogP contribution in [-0.2, 0) is 22.6 Å². The summed E-state index contributed by atoms with van der Waals surface area (Å²) in [5, 5.41) is 5.74. The molecule has 2 aromatic rings. The average Bonchev–Trinajstić information content (AvgIpc) is 2.65. The van der Waals surface area contributed by atoms with E-state index in [4.69, 9.17) is 4.74 Å². The SMILES string of the molecule is COc1ccc(CNC(=O)[C@H](NC(=O)Cc2ccccc2)C(C)C)cc1. The molecule has 5 nitrogen and oxygen atoms in total. The van der Waals surface area contributed by atoms with E-state index in [2.05, 4.69) is 10.6 Å². The molecule has 26 heavy (non-hydrogen) atoms. The highest BCUT2D eigenvalue weighted by molar-refractivity contribution is 5.88. The van der Waals surface area contributed by atoms with Crippen LogP contribution in [0.4, 0.5) is 0 Å². The van der Waals surface area contributed by atoms with Crippen LogP contribution in [0.15, 0.2) is 54.6 Å². The molecule has 0 radical (unpaired) electrons. The predicted octanol–water partition coefficient (Wildman–Crippen LogP) is 2.69. The van der Waals surface area contributed by atoms with Crippen molar-refractivity contribution >= 4 is 11.8 Å². The van der Waals surface area contributed by atoms with Crippen molar-refractivity contribution in [3.63, 3.8) is 0 Å². The second kappa shape index (κ2) is 9.61. The molecule has 138 valence electrons. The summed E-state index contributed by atoms with van der Waals surface area (Å²) < 4.78 is 5.12. The highest BCUT2D eigenvalue weighted by atomic mass is 16.5. The summed E-state index contributed by atoms with van der Waals surface area (Å²) in [5.74, 6) is 0.422. The number of amides is 2. The monoisotopic (exact) mass is 354 g/mol. The van der Waals surface area contributed by atoms with Gasteiger partial charge in [0, 0.05) is 6.54 Å². The van der Waals surface area contributed by atoms with E-state index in [1.54, 1.807) is 7.11 Å². The van der Waals surface area contributed by atoms with Gasteiger partial charge in [0.1, 0.15) is 11.8 Å². The van der Waals surface area contributed by atoms with Gasteiger partial charge in [0.05, 0.1) is 13.5 Å². The Morgan fingerprint density at radius 1 is 0.962 bits per heavy atom. The first-order valence-corrected chi connectivity index (χ1v) is 8.73. The Kier molecular flexibility index (Phi) is 7.21. The van der Waals surface area contributed by atoms with Gasteiger partial charge in [0.25, 0.3) is 0 Å². The molecule has 0 unspecified atom stereocenters. The zero-order valence-corrected chi connectivity index (χ0v) is 15.5. The molecule has 0 heterocycles. The van der Waals surface area contributed by atoms with E-state index in [1.165, 1.54) is 0 Å². The predicted molar refractivity (Wildman–Crippen MR) is 102 cm³/mol. The van der Waals surface area contributed by atoms with Crippen LogP contribution >= 0.6 is 0 Å². The molecular formula is C21H26N2O3. The van der Waals surface area contributed by atoms with Gasteiger partial charge in [-0.05, 0) is 29.2 Å². The quantitative estimate of drug-likeness (QED) is 0.766. The number of methoxy groups -OCH3 is 1. The summed E-state index contributed by atoms with van der Waals surface area (Å²) in [7, 11) is 1.61. The van der Waals surface area contributed by atoms with Crippen molar-refractivity contribution in [3.05, 3.63) is 65.7 Å². The molecule has 5 heteroatoms. The van der Waals surface area contributed by atoms with Gasteiger partial charge in [0.2, 0.25) is 11.8 Å². The van der Waals surface area contributed by atoms with Gasteiger partial charge in [-0.2, -0.15) is 0 Å². The molecule has 0 bridgehead atoms. The average molecular weight is 354 g/mol. The Hall–Kier alpha value is -2.82. The Balaban J connectivity index is 1.90. The number of carbonyl (C=O) groups excluding carboxylic acids is 2. The second-order valence-corrected chi connectivity index (χ2v) is 6.52. The van der Waals surface area contributed by atoms with Gasteiger partial charge in [0.15, 0.2) is 0 Å². The first-order chi connectivity index (χ1) is 12.5. The highest BCUT2D eigenvalue weighted by Gasteiger charge is 2.23. The van der Waals surface area contributed by atoms with Gasteiger partial charge in [-0.15, -0.1) is 0 Å². The Labute approximate surface area is 154 Å². The van der Waals surface area contributed by atoms with E-state index in [-0.39, 0.29) is 24.2 Å². The van der Waals surface area contributed by atoms with Crippen molar-refractivity contribution in [1.29, 1.82) is 0 Å². The van der Waals surface area contributed by atoms with Crippen LogP contribution in [-0.4, -0.2) is 25.0 Å². The first kappa shape index (κ1) is 19.5. The molecule has 2 aromatic carbocycles. The molecule has 2 N–H and O–H groups in total. The van der Waals surface area contributed by atoms with E-state index >= 15 is 0 Å². The second-order valence-electron chi connectivity index (χ2n) is 6.52. The highest BCUT2D eigenvalue weighted by Crippen LogP contribution is 2.11. The minimum atomic E-state index is -0.565. The molecule has 2 rings (SSSR count). The zero-order chi connectivity index (χ0) is 18.9. The lowest BCUT2D eigenvalue weighted by atomic mass is 10.0. The fraction of sp³-hybridized carbons (Fsp3) is 0.333. The van der Waals surface area contributed by atoms with Crippen molar-refractivity contribution in [1.82, 2.24) is 10.6 Å². The molecule has 0 fully saturated rings. The Morgan fingerprint density at radius 3 is 2.19 bits per heavy atom. The maximum absolute atomic E-state index is 12.5. The lowest BCUT2D eigenvalue weighted by molar-refractivity contribution is -0.129. The topological polar surface area (TPSA) is 67.4 Å². The number of benzene rings is 2. The lowest BCUT2D eigenvalue weighted by Crippen LogP contribution is -2.49. The van der Waals surface area contributed by atoms with Crippen LogP contribution in [0.25, 0.3) is 0 Å². The summed E-state index contributed by atoms with van der Waals surface area (Å²) in [6, 6.07) is 16.4. The molecule has 0 saturated carbocycles. The van der Waals surface area contributed by atoms with Gasteiger partial charge in [-0.25, -0.2) is 0 Å². The fourth-order valence-electron chi connectivity index (χ4n) is 2.58. The fourth-order valence-corrected chi connectivity index (χ4v) is 2.58. The molecule has 0 aliphatic heterocycles. The molecule has 0 saturated heterocycles. The minimum absolute atomic E-state index is 0.00871. The van der Waals surface area contributed by atoms with E-state index in [0.717, 1.165) is 16.9 Å². The maximum atomic E-state index is 12.5. The van der Waals surface area contributed by atoms with E-state index < -0.39 is 6.04 Å². The number of hydrogen-bond acceptors (Lipinski definition) is 3. The van der Waals surface area contributed by atoms with Gasteiger partial charge in [-0.3, -0.25) is 9.59 Å². The largest absolute Gasteiger partial charge is 0.497 e. The van der Waals surface area contributed by atoms with Crippen molar-refractivity contribution in [2.75, 3.05) is 7.11 Å². The van der Waals surface area contributed by atoms with E-state index in [9.17, 15) is 9.59 Å². The summed E-state index contributed by atoms with van der Waals surface area (Å²) in [4.78, 5) is 24.8.